The van der Waals surface area contributed by atoms with E-state index in [-0.39, 0.29) is 0 Å². The molecule has 1 saturated carbocycles. The van der Waals surface area contributed by atoms with Gasteiger partial charge in [-0.05, 0) is 32.3 Å². The van der Waals surface area contributed by atoms with Crippen LogP contribution in [0.5, 0.6) is 0 Å². The minimum absolute atomic E-state index is 0.628. The predicted octanol–water partition coefficient (Wildman–Crippen LogP) is 3.00. The van der Waals surface area contributed by atoms with E-state index in [0.29, 0.717) is 10.8 Å². The molecule has 0 N–H and O–H groups in total. The fourth-order valence-corrected chi connectivity index (χ4v) is 3.25. The molecule has 0 unspecified atom stereocenters. The van der Waals surface area contributed by atoms with E-state index in [9.17, 15) is 0 Å². The zero-order valence-corrected chi connectivity index (χ0v) is 10.5. The van der Waals surface area contributed by atoms with Crippen molar-refractivity contribution in [3.05, 3.63) is 16.8 Å². The Bertz CT molecular complexity index is 431. The van der Waals surface area contributed by atoms with Crippen molar-refractivity contribution in [2.45, 2.75) is 49.8 Å². The van der Waals surface area contributed by atoms with Gasteiger partial charge in [0.05, 0.1) is 11.3 Å². The van der Waals surface area contributed by atoms with Crippen LogP contribution in [-0.4, -0.2) is 15.4 Å². The smallest absolute Gasteiger partial charge is 0.137 e. The highest BCUT2D eigenvalue weighted by Crippen LogP contribution is 2.35. The molecule has 1 aliphatic rings. The zero-order valence-electron chi connectivity index (χ0n) is 9.66. The van der Waals surface area contributed by atoms with Crippen molar-refractivity contribution in [2.75, 3.05) is 0 Å². The van der Waals surface area contributed by atoms with Gasteiger partial charge in [-0.1, -0.05) is 24.6 Å². The highest BCUT2D eigenvalue weighted by atomic mass is 32.2. The Kier molecular flexibility index (Phi) is 3.45. The van der Waals surface area contributed by atoms with Crippen molar-refractivity contribution in [3.63, 3.8) is 0 Å². The number of thioether (sulfide) groups is 1. The molecule has 1 aromatic heterocycles. The van der Waals surface area contributed by atoms with E-state index in [4.69, 9.17) is 5.26 Å². The highest BCUT2D eigenvalue weighted by Gasteiger charge is 2.20. The summed E-state index contributed by atoms with van der Waals surface area (Å²) in [7, 11) is 0. The molecule has 1 aromatic rings. The lowest BCUT2D eigenvalue weighted by Gasteiger charge is -2.10. The third kappa shape index (κ3) is 2.19. The second-order valence-corrected chi connectivity index (χ2v) is 5.52. The van der Waals surface area contributed by atoms with E-state index < -0.39 is 0 Å². The van der Waals surface area contributed by atoms with Crippen molar-refractivity contribution in [1.82, 2.24) is 10.2 Å². The number of nitriles is 1. The molecule has 2 rings (SSSR count). The van der Waals surface area contributed by atoms with Crippen molar-refractivity contribution in [3.8, 4) is 6.07 Å². The van der Waals surface area contributed by atoms with E-state index in [2.05, 4.69) is 16.3 Å². The summed E-state index contributed by atoms with van der Waals surface area (Å²) in [5.41, 5.74) is 2.54. The van der Waals surface area contributed by atoms with Gasteiger partial charge in [0, 0.05) is 5.25 Å². The molecule has 3 nitrogen and oxygen atoms in total. The summed E-state index contributed by atoms with van der Waals surface area (Å²) < 4.78 is 0. The van der Waals surface area contributed by atoms with Crippen LogP contribution in [-0.2, 0) is 0 Å². The molecule has 0 radical (unpaired) electrons. The molecular formula is C12H15N3S. The Hall–Kier alpha value is -1.08. The van der Waals surface area contributed by atoms with Gasteiger partial charge >= 0.3 is 0 Å². The van der Waals surface area contributed by atoms with Gasteiger partial charge in [0.25, 0.3) is 0 Å². The van der Waals surface area contributed by atoms with E-state index >= 15 is 0 Å². The molecule has 0 saturated heterocycles. The molecule has 0 aliphatic heterocycles. The second-order valence-electron chi connectivity index (χ2n) is 4.23. The van der Waals surface area contributed by atoms with Crippen LogP contribution in [0.2, 0.25) is 0 Å². The van der Waals surface area contributed by atoms with Gasteiger partial charge in [-0.3, -0.25) is 0 Å². The summed E-state index contributed by atoms with van der Waals surface area (Å²) in [5.74, 6) is 0. The van der Waals surface area contributed by atoms with Gasteiger partial charge in [-0.15, -0.1) is 5.10 Å². The molecule has 0 aromatic carbocycles. The predicted molar refractivity (Wildman–Crippen MR) is 64.3 cm³/mol. The number of aryl methyl sites for hydroxylation is 1. The molecule has 1 heterocycles. The number of nitrogens with zero attached hydrogens (tertiary/aromatic N) is 3. The molecule has 0 bridgehead atoms. The molecule has 84 valence electrons. The average molecular weight is 233 g/mol. The van der Waals surface area contributed by atoms with Crippen LogP contribution >= 0.6 is 11.8 Å². The molecule has 1 aliphatic carbocycles. The Morgan fingerprint density at radius 1 is 1.25 bits per heavy atom. The van der Waals surface area contributed by atoms with Crippen LogP contribution < -0.4 is 0 Å². The van der Waals surface area contributed by atoms with Crippen LogP contribution in [0.1, 0.15) is 42.5 Å². The largest absolute Gasteiger partial charge is 0.192 e. The maximum atomic E-state index is 9.17. The SMILES string of the molecule is Cc1nnc(SC2CCCC2)c(C#N)c1C. The van der Waals surface area contributed by atoms with Gasteiger partial charge in [0.1, 0.15) is 11.1 Å². The lowest BCUT2D eigenvalue weighted by molar-refractivity contribution is 0.852. The van der Waals surface area contributed by atoms with E-state index in [1.165, 1.54) is 25.7 Å². The Morgan fingerprint density at radius 2 is 1.94 bits per heavy atom. The van der Waals surface area contributed by atoms with Crippen LogP contribution in [0.4, 0.5) is 0 Å². The third-order valence-corrected chi connectivity index (χ3v) is 4.43. The molecule has 0 amide bonds. The third-order valence-electron chi connectivity index (χ3n) is 3.11. The van der Waals surface area contributed by atoms with Crippen molar-refractivity contribution in [1.29, 1.82) is 5.26 Å². The second kappa shape index (κ2) is 4.84. The molecule has 0 spiro atoms. The summed E-state index contributed by atoms with van der Waals surface area (Å²) in [6.07, 6.45) is 5.09. The highest BCUT2D eigenvalue weighted by molar-refractivity contribution is 7.99. The van der Waals surface area contributed by atoms with Crippen molar-refractivity contribution < 1.29 is 0 Å². The standard InChI is InChI=1S/C12H15N3S/c1-8-9(2)14-15-12(11(8)7-13)16-10-5-3-4-6-10/h10H,3-6H2,1-2H3. The molecule has 1 fully saturated rings. The van der Waals surface area contributed by atoms with Crippen molar-refractivity contribution >= 4 is 11.8 Å². The summed E-state index contributed by atoms with van der Waals surface area (Å²) in [6, 6.07) is 2.26. The topological polar surface area (TPSA) is 49.6 Å². The van der Waals surface area contributed by atoms with Crippen LogP contribution in [0.3, 0.4) is 0 Å². The van der Waals surface area contributed by atoms with E-state index in [1.54, 1.807) is 11.8 Å². The van der Waals surface area contributed by atoms with Crippen molar-refractivity contribution in [2.24, 2.45) is 0 Å². The van der Waals surface area contributed by atoms with E-state index in [1.807, 2.05) is 13.8 Å². The minimum atomic E-state index is 0.628. The lowest BCUT2D eigenvalue weighted by Crippen LogP contribution is -2.02. The van der Waals surface area contributed by atoms with Gasteiger partial charge in [-0.2, -0.15) is 10.4 Å². The molecule has 0 atom stereocenters. The zero-order chi connectivity index (χ0) is 11.5. The fraction of sp³-hybridized carbons (Fsp3) is 0.583. The molecule has 16 heavy (non-hydrogen) atoms. The van der Waals surface area contributed by atoms with Crippen LogP contribution in [0, 0.1) is 25.2 Å². The molecular weight excluding hydrogens is 218 g/mol. The summed E-state index contributed by atoms with van der Waals surface area (Å²) in [4.78, 5) is 0. The minimum Gasteiger partial charge on any atom is -0.192 e. The summed E-state index contributed by atoms with van der Waals surface area (Å²) in [6.45, 7) is 3.84. The Balaban J connectivity index is 2.26. The van der Waals surface area contributed by atoms with Gasteiger partial charge in [-0.25, -0.2) is 0 Å². The molecule has 4 heteroatoms. The van der Waals surface area contributed by atoms with Gasteiger partial charge < -0.3 is 0 Å². The maximum Gasteiger partial charge on any atom is 0.137 e. The first-order valence-corrected chi connectivity index (χ1v) is 6.51. The lowest BCUT2D eigenvalue weighted by atomic mass is 10.1. The van der Waals surface area contributed by atoms with Crippen LogP contribution in [0.15, 0.2) is 5.03 Å². The van der Waals surface area contributed by atoms with Gasteiger partial charge in [0.15, 0.2) is 0 Å². The fourth-order valence-electron chi connectivity index (χ4n) is 1.96. The normalized spacial score (nSPS) is 16.3. The quantitative estimate of drug-likeness (QED) is 0.788. The van der Waals surface area contributed by atoms with Crippen LogP contribution in [0.25, 0.3) is 0 Å². The number of hydrogen-bond donors (Lipinski definition) is 0. The first-order valence-electron chi connectivity index (χ1n) is 5.63. The number of hydrogen-bond acceptors (Lipinski definition) is 4. The average Bonchev–Trinajstić information content (AvgIpc) is 2.77. The Labute approximate surface area is 100 Å². The Morgan fingerprint density at radius 3 is 2.56 bits per heavy atom. The monoisotopic (exact) mass is 233 g/mol. The maximum absolute atomic E-state index is 9.17. The first-order chi connectivity index (χ1) is 7.72. The first kappa shape index (κ1) is 11.4. The van der Waals surface area contributed by atoms with E-state index in [0.717, 1.165) is 16.3 Å². The van der Waals surface area contributed by atoms with Gasteiger partial charge in [0.2, 0.25) is 0 Å². The number of aromatic nitrogens is 2. The number of rotatable bonds is 2. The summed E-state index contributed by atoms with van der Waals surface area (Å²) >= 11 is 1.73. The summed E-state index contributed by atoms with van der Waals surface area (Å²) in [5, 5.41) is 18.9.